The van der Waals surface area contributed by atoms with Crippen LogP contribution in [0.4, 0.5) is 0 Å². The van der Waals surface area contributed by atoms with Crippen LogP contribution in [0.2, 0.25) is 0 Å². The molecule has 0 spiro atoms. The molecule has 0 radical (unpaired) electrons. The van der Waals surface area contributed by atoms with Crippen LogP contribution in [0.25, 0.3) is 11.4 Å². The van der Waals surface area contributed by atoms with Gasteiger partial charge in [0.2, 0.25) is 5.82 Å². The minimum absolute atomic E-state index is 0.0935. The molecule has 0 saturated carbocycles. The lowest BCUT2D eigenvalue weighted by Gasteiger charge is -2.20. The second kappa shape index (κ2) is 7.00. The van der Waals surface area contributed by atoms with Crippen LogP contribution in [0.15, 0.2) is 51.5 Å². The molecule has 3 rings (SSSR count). The monoisotopic (exact) mass is 400 g/mol. The molecule has 3 aromatic rings. The van der Waals surface area contributed by atoms with Gasteiger partial charge in [-0.2, -0.15) is 4.98 Å². The van der Waals surface area contributed by atoms with Crippen molar-refractivity contribution < 1.29 is 9.26 Å². The van der Waals surface area contributed by atoms with E-state index in [1.807, 2.05) is 37.3 Å². The molecule has 4 nitrogen and oxygen atoms in total. The highest BCUT2D eigenvalue weighted by Crippen LogP contribution is 2.32. The Bertz CT molecular complexity index is 881. The van der Waals surface area contributed by atoms with Crippen LogP contribution in [-0.4, -0.2) is 10.1 Å². The predicted molar refractivity (Wildman–Crippen MR) is 102 cm³/mol. The van der Waals surface area contributed by atoms with Crippen molar-refractivity contribution in [3.8, 4) is 17.1 Å². The van der Waals surface area contributed by atoms with Crippen LogP contribution in [0.5, 0.6) is 5.75 Å². The highest BCUT2D eigenvalue weighted by molar-refractivity contribution is 9.10. The maximum atomic E-state index is 5.82. The first kappa shape index (κ1) is 17.7. The summed E-state index contributed by atoms with van der Waals surface area (Å²) in [7, 11) is 0. The summed E-state index contributed by atoms with van der Waals surface area (Å²) in [4.78, 5) is 4.41. The van der Waals surface area contributed by atoms with Crippen LogP contribution < -0.4 is 4.74 Å². The zero-order chi connectivity index (χ0) is 18.0. The molecule has 0 atom stereocenters. The number of hydrogen-bond acceptors (Lipinski definition) is 4. The number of nitrogens with zero attached hydrogens (tertiary/aromatic N) is 2. The first-order valence-electron chi connectivity index (χ1n) is 8.15. The fourth-order valence-electron chi connectivity index (χ4n) is 2.44. The van der Waals surface area contributed by atoms with E-state index >= 15 is 0 Å². The molecule has 0 fully saturated rings. The molecule has 5 heteroatoms. The van der Waals surface area contributed by atoms with Crippen molar-refractivity contribution in [2.24, 2.45) is 0 Å². The molecule has 0 saturated heterocycles. The number of rotatable bonds is 4. The highest BCUT2D eigenvalue weighted by atomic mass is 79.9. The molecule has 1 aromatic heterocycles. The van der Waals surface area contributed by atoms with Crippen molar-refractivity contribution in [3.05, 3.63) is 64.0 Å². The summed E-state index contributed by atoms with van der Waals surface area (Å²) in [5, 5.41) is 4.03. The molecule has 0 aliphatic heterocycles. The number of benzene rings is 2. The molecular weight excluding hydrogens is 380 g/mol. The van der Waals surface area contributed by atoms with Crippen molar-refractivity contribution in [2.75, 3.05) is 0 Å². The van der Waals surface area contributed by atoms with E-state index in [0.29, 0.717) is 11.7 Å². The second-order valence-corrected chi connectivity index (χ2v) is 7.92. The summed E-state index contributed by atoms with van der Waals surface area (Å²) in [6.45, 7) is 8.81. The zero-order valence-corrected chi connectivity index (χ0v) is 16.4. The quantitative estimate of drug-likeness (QED) is 0.564. The van der Waals surface area contributed by atoms with Gasteiger partial charge in [0, 0.05) is 5.56 Å². The number of halogens is 1. The van der Waals surface area contributed by atoms with Gasteiger partial charge in [0.1, 0.15) is 5.75 Å². The van der Waals surface area contributed by atoms with E-state index in [-0.39, 0.29) is 12.0 Å². The van der Waals surface area contributed by atoms with Crippen LogP contribution in [0.3, 0.4) is 0 Å². The van der Waals surface area contributed by atoms with Gasteiger partial charge in [-0.15, -0.1) is 0 Å². The number of aromatic nitrogens is 2. The molecular formula is C20H21BrN2O2. The topological polar surface area (TPSA) is 48.2 Å². The fourth-order valence-corrected chi connectivity index (χ4v) is 2.93. The fraction of sp³-hybridized carbons (Fsp3) is 0.300. The average molecular weight is 401 g/mol. The van der Waals surface area contributed by atoms with Gasteiger partial charge in [-0.3, -0.25) is 0 Å². The maximum Gasteiger partial charge on any atom is 0.264 e. The summed E-state index contributed by atoms with van der Waals surface area (Å²) in [5.41, 5.74) is 3.43. The third-order valence-corrected chi connectivity index (χ3v) is 4.51. The molecule has 130 valence electrons. The predicted octanol–water partition coefficient (Wildman–Crippen LogP) is 5.68. The Labute approximate surface area is 156 Å². The largest absolute Gasteiger partial charge is 0.483 e. The third kappa shape index (κ3) is 4.28. The van der Waals surface area contributed by atoms with Crippen LogP contribution in [0, 0.1) is 6.92 Å². The summed E-state index contributed by atoms with van der Waals surface area (Å²) < 4.78 is 12.0. The Morgan fingerprint density at radius 1 is 1.12 bits per heavy atom. The molecule has 0 N–H and O–H groups in total. The molecule has 0 bridgehead atoms. The number of aryl methyl sites for hydroxylation is 1. The minimum atomic E-state index is 0.0935. The van der Waals surface area contributed by atoms with Crippen LogP contribution >= 0.6 is 15.9 Å². The van der Waals surface area contributed by atoms with E-state index in [0.717, 1.165) is 21.3 Å². The highest BCUT2D eigenvalue weighted by Gasteiger charge is 2.16. The molecule has 1 heterocycles. The Morgan fingerprint density at radius 2 is 1.92 bits per heavy atom. The SMILES string of the molecule is Cc1cccc(-c2noc(COc3ccc(C(C)(C)C)cc3Br)n2)c1. The molecule has 2 aromatic carbocycles. The first-order chi connectivity index (χ1) is 11.8. The second-order valence-electron chi connectivity index (χ2n) is 7.07. The van der Waals surface area contributed by atoms with Crippen molar-refractivity contribution in [2.45, 2.75) is 39.7 Å². The molecule has 0 aliphatic carbocycles. The van der Waals surface area contributed by atoms with Gasteiger partial charge in [0.05, 0.1) is 4.47 Å². The van der Waals surface area contributed by atoms with Gasteiger partial charge in [0.15, 0.2) is 6.61 Å². The van der Waals surface area contributed by atoms with Crippen LogP contribution in [-0.2, 0) is 12.0 Å². The lowest BCUT2D eigenvalue weighted by molar-refractivity contribution is 0.241. The third-order valence-electron chi connectivity index (χ3n) is 3.89. The Hall–Kier alpha value is -2.14. The summed E-state index contributed by atoms with van der Waals surface area (Å²) in [5.74, 6) is 1.77. The first-order valence-corrected chi connectivity index (χ1v) is 8.95. The maximum absolute atomic E-state index is 5.82. The lowest BCUT2D eigenvalue weighted by Crippen LogP contribution is -2.11. The van der Waals surface area contributed by atoms with Gasteiger partial charge >= 0.3 is 0 Å². The van der Waals surface area contributed by atoms with Gasteiger partial charge < -0.3 is 9.26 Å². The van der Waals surface area contributed by atoms with E-state index in [1.54, 1.807) is 0 Å². The lowest BCUT2D eigenvalue weighted by atomic mass is 9.87. The van der Waals surface area contributed by atoms with Crippen molar-refractivity contribution >= 4 is 15.9 Å². The van der Waals surface area contributed by atoms with E-state index in [2.05, 4.69) is 59.0 Å². The zero-order valence-electron chi connectivity index (χ0n) is 14.8. The van der Waals surface area contributed by atoms with E-state index < -0.39 is 0 Å². The van der Waals surface area contributed by atoms with E-state index in [4.69, 9.17) is 9.26 Å². The smallest absolute Gasteiger partial charge is 0.264 e. The van der Waals surface area contributed by atoms with Crippen LogP contribution in [0.1, 0.15) is 37.8 Å². The van der Waals surface area contributed by atoms with Crippen molar-refractivity contribution in [3.63, 3.8) is 0 Å². The summed E-state index contributed by atoms with van der Waals surface area (Å²) in [6.07, 6.45) is 0. The van der Waals surface area contributed by atoms with Crippen molar-refractivity contribution in [1.82, 2.24) is 10.1 Å². The molecule has 0 unspecified atom stereocenters. The van der Waals surface area contributed by atoms with Gasteiger partial charge in [-0.05, 0) is 52.0 Å². The van der Waals surface area contributed by atoms with Gasteiger partial charge in [0.25, 0.3) is 5.89 Å². The average Bonchev–Trinajstić information content (AvgIpc) is 3.02. The van der Waals surface area contributed by atoms with Gasteiger partial charge in [-0.25, -0.2) is 0 Å². The summed E-state index contributed by atoms with van der Waals surface area (Å²) >= 11 is 3.57. The Kier molecular flexibility index (Phi) is 4.95. The molecule has 25 heavy (non-hydrogen) atoms. The molecule has 0 aliphatic rings. The normalized spacial score (nSPS) is 11.6. The number of hydrogen-bond donors (Lipinski definition) is 0. The Balaban J connectivity index is 1.70. The minimum Gasteiger partial charge on any atom is -0.483 e. The van der Waals surface area contributed by atoms with Gasteiger partial charge in [-0.1, -0.05) is 55.8 Å². The number of ether oxygens (including phenoxy) is 1. The standard InChI is InChI=1S/C20H21BrN2O2/c1-13-6-5-7-14(10-13)19-22-18(25-23-19)12-24-17-9-8-15(11-16(17)21)20(2,3)4/h5-11H,12H2,1-4H3. The molecule has 0 amide bonds. The summed E-state index contributed by atoms with van der Waals surface area (Å²) in [6, 6.07) is 14.1. The van der Waals surface area contributed by atoms with E-state index in [1.165, 1.54) is 5.56 Å². The van der Waals surface area contributed by atoms with Crippen molar-refractivity contribution in [1.29, 1.82) is 0 Å². The van der Waals surface area contributed by atoms with E-state index in [9.17, 15) is 0 Å². The Morgan fingerprint density at radius 3 is 2.60 bits per heavy atom.